The molecule has 1 aliphatic rings. The van der Waals surface area contributed by atoms with Gasteiger partial charge in [0.2, 0.25) is 5.91 Å². The van der Waals surface area contributed by atoms with E-state index in [1.807, 2.05) is 6.92 Å². The number of amides is 1. The molecule has 0 fully saturated rings. The van der Waals surface area contributed by atoms with E-state index in [2.05, 4.69) is 10.6 Å². The minimum Gasteiger partial charge on any atom is -0.391 e. The molecule has 1 aliphatic heterocycles. The number of aliphatic hydroxyl groups is 1. The minimum absolute atomic E-state index is 0.0847. The lowest BCUT2D eigenvalue weighted by molar-refractivity contribution is -0.384. The maximum atomic E-state index is 11.3. The van der Waals surface area contributed by atoms with Crippen LogP contribution in [0.1, 0.15) is 18.9 Å². The normalized spacial score (nSPS) is 14.7. The van der Waals surface area contributed by atoms with E-state index < -0.39 is 11.0 Å². The van der Waals surface area contributed by atoms with Gasteiger partial charge in [0, 0.05) is 18.3 Å². The van der Waals surface area contributed by atoms with Crippen LogP contribution in [-0.2, 0) is 11.2 Å². The van der Waals surface area contributed by atoms with E-state index in [-0.39, 0.29) is 24.6 Å². The third-order valence-electron chi connectivity index (χ3n) is 3.04. The van der Waals surface area contributed by atoms with Crippen molar-refractivity contribution >= 4 is 23.0 Å². The van der Waals surface area contributed by atoms with Gasteiger partial charge in [-0.15, -0.1) is 0 Å². The molecule has 7 nitrogen and oxygen atoms in total. The molecule has 7 heteroatoms. The van der Waals surface area contributed by atoms with E-state index in [4.69, 9.17) is 0 Å². The van der Waals surface area contributed by atoms with Gasteiger partial charge in [-0.3, -0.25) is 14.9 Å². The molecule has 102 valence electrons. The summed E-state index contributed by atoms with van der Waals surface area (Å²) in [5.41, 5.74) is 1.43. The lowest BCUT2D eigenvalue weighted by atomic mass is 10.1. The van der Waals surface area contributed by atoms with Crippen LogP contribution in [0.5, 0.6) is 0 Å². The molecule has 2 rings (SSSR count). The van der Waals surface area contributed by atoms with Crippen molar-refractivity contribution < 1.29 is 14.8 Å². The highest BCUT2D eigenvalue weighted by atomic mass is 16.6. The van der Waals surface area contributed by atoms with Gasteiger partial charge in [-0.25, -0.2) is 0 Å². The smallest absolute Gasteiger partial charge is 0.292 e. The number of hydrogen-bond donors (Lipinski definition) is 3. The average molecular weight is 265 g/mol. The van der Waals surface area contributed by atoms with Crippen molar-refractivity contribution in [2.24, 2.45) is 0 Å². The molecule has 0 radical (unpaired) electrons. The van der Waals surface area contributed by atoms with Gasteiger partial charge in [0.05, 0.1) is 17.4 Å². The Kier molecular flexibility index (Phi) is 3.66. The monoisotopic (exact) mass is 265 g/mol. The average Bonchev–Trinajstić information content (AvgIpc) is 2.73. The predicted molar refractivity (Wildman–Crippen MR) is 70.2 cm³/mol. The van der Waals surface area contributed by atoms with Gasteiger partial charge < -0.3 is 15.7 Å². The molecule has 1 aromatic carbocycles. The van der Waals surface area contributed by atoms with E-state index in [9.17, 15) is 20.0 Å². The fourth-order valence-electron chi connectivity index (χ4n) is 1.93. The molecule has 1 aromatic rings. The Balaban J connectivity index is 2.28. The molecule has 0 saturated heterocycles. The summed E-state index contributed by atoms with van der Waals surface area (Å²) in [7, 11) is 0. The third-order valence-corrected chi connectivity index (χ3v) is 3.04. The van der Waals surface area contributed by atoms with Gasteiger partial charge in [-0.2, -0.15) is 0 Å². The number of aliphatic hydroxyl groups excluding tert-OH is 1. The van der Waals surface area contributed by atoms with Crippen LogP contribution in [0.25, 0.3) is 0 Å². The number of hydrogen-bond acceptors (Lipinski definition) is 5. The second kappa shape index (κ2) is 5.23. The summed E-state index contributed by atoms with van der Waals surface area (Å²) in [5.74, 6) is -0.171. The molecule has 0 saturated carbocycles. The summed E-state index contributed by atoms with van der Waals surface area (Å²) in [4.78, 5) is 21.8. The molecule has 0 aromatic heterocycles. The Labute approximate surface area is 109 Å². The first-order valence-corrected chi connectivity index (χ1v) is 6.04. The first-order chi connectivity index (χ1) is 9.01. The number of fused-ring (bicyclic) bond motifs is 1. The number of anilines is 2. The molecule has 0 spiro atoms. The number of nitro groups is 1. The molecule has 1 unspecified atom stereocenters. The van der Waals surface area contributed by atoms with Crippen LogP contribution < -0.4 is 10.6 Å². The standard InChI is InChI=1S/C12H15N3O4/c1-2-8(16)6-13-10-5-9-7(4-12(17)14-9)3-11(10)15(18)19/h3,5,8,13,16H,2,4,6H2,1H3,(H,14,17). The van der Waals surface area contributed by atoms with Gasteiger partial charge in [0.15, 0.2) is 0 Å². The first kappa shape index (κ1) is 13.3. The van der Waals surface area contributed by atoms with Crippen molar-refractivity contribution in [3.8, 4) is 0 Å². The Hall–Kier alpha value is -2.15. The molecular formula is C12H15N3O4. The van der Waals surface area contributed by atoms with Gasteiger partial charge in [-0.05, 0) is 18.1 Å². The fourth-order valence-corrected chi connectivity index (χ4v) is 1.93. The van der Waals surface area contributed by atoms with Crippen molar-refractivity contribution in [3.63, 3.8) is 0 Å². The Morgan fingerprint density at radius 3 is 2.95 bits per heavy atom. The predicted octanol–water partition coefficient (Wildman–Crippen LogP) is 1.27. The Bertz CT molecular complexity index is 530. The van der Waals surface area contributed by atoms with E-state index in [1.54, 1.807) is 6.07 Å². The Morgan fingerprint density at radius 2 is 2.32 bits per heavy atom. The number of carbonyl (C=O) groups is 1. The van der Waals surface area contributed by atoms with E-state index in [1.165, 1.54) is 6.07 Å². The van der Waals surface area contributed by atoms with E-state index in [0.717, 1.165) is 0 Å². The molecule has 19 heavy (non-hydrogen) atoms. The number of nitrogens with one attached hydrogen (secondary N) is 2. The van der Waals surface area contributed by atoms with Crippen molar-refractivity contribution in [3.05, 3.63) is 27.8 Å². The summed E-state index contributed by atoms with van der Waals surface area (Å²) in [6.45, 7) is 2.05. The number of nitro benzene ring substituents is 1. The zero-order chi connectivity index (χ0) is 14.0. The van der Waals surface area contributed by atoms with Gasteiger partial charge in [0.1, 0.15) is 5.69 Å². The maximum absolute atomic E-state index is 11.3. The first-order valence-electron chi connectivity index (χ1n) is 6.04. The fraction of sp³-hybridized carbons (Fsp3) is 0.417. The molecular weight excluding hydrogens is 250 g/mol. The van der Waals surface area contributed by atoms with E-state index >= 15 is 0 Å². The number of rotatable bonds is 5. The number of benzene rings is 1. The van der Waals surface area contributed by atoms with Gasteiger partial charge >= 0.3 is 0 Å². The van der Waals surface area contributed by atoms with Crippen molar-refractivity contribution in [2.45, 2.75) is 25.9 Å². The molecule has 1 heterocycles. The lowest BCUT2D eigenvalue weighted by Gasteiger charge is -2.12. The van der Waals surface area contributed by atoms with Crippen LogP contribution in [-0.4, -0.2) is 28.6 Å². The molecule has 3 N–H and O–H groups in total. The topological polar surface area (TPSA) is 104 Å². The van der Waals surface area contributed by atoms with Crippen LogP contribution in [0.3, 0.4) is 0 Å². The Morgan fingerprint density at radius 1 is 1.58 bits per heavy atom. The SMILES string of the molecule is CCC(O)CNc1cc2c(cc1[N+](=O)[O-])CC(=O)N2. The van der Waals surface area contributed by atoms with Crippen LogP contribution in [0.4, 0.5) is 17.1 Å². The number of nitrogens with zero attached hydrogens (tertiary/aromatic N) is 1. The molecule has 0 aliphatic carbocycles. The van der Waals surface area contributed by atoms with Gasteiger partial charge in [-0.1, -0.05) is 6.92 Å². The molecule has 1 amide bonds. The highest BCUT2D eigenvalue weighted by molar-refractivity contribution is 6.00. The summed E-state index contributed by atoms with van der Waals surface area (Å²) < 4.78 is 0. The zero-order valence-electron chi connectivity index (χ0n) is 10.5. The second-order valence-corrected chi connectivity index (χ2v) is 4.45. The third kappa shape index (κ3) is 2.82. The maximum Gasteiger partial charge on any atom is 0.292 e. The summed E-state index contributed by atoms with van der Waals surface area (Å²) >= 11 is 0. The van der Waals surface area contributed by atoms with Crippen molar-refractivity contribution in [2.75, 3.05) is 17.2 Å². The van der Waals surface area contributed by atoms with Crippen LogP contribution in [0.15, 0.2) is 12.1 Å². The zero-order valence-corrected chi connectivity index (χ0v) is 10.5. The largest absolute Gasteiger partial charge is 0.391 e. The van der Waals surface area contributed by atoms with Crippen molar-refractivity contribution in [1.82, 2.24) is 0 Å². The summed E-state index contributed by atoms with van der Waals surface area (Å²) in [6, 6.07) is 2.94. The van der Waals surface area contributed by atoms with Gasteiger partial charge in [0.25, 0.3) is 5.69 Å². The van der Waals surface area contributed by atoms with Crippen LogP contribution in [0, 0.1) is 10.1 Å². The molecule has 1 atom stereocenters. The molecule has 0 bridgehead atoms. The lowest BCUT2D eigenvalue weighted by Crippen LogP contribution is -2.18. The van der Waals surface area contributed by atoms with E-state index in [0.29, 0.717) is 23.4 Å². The number of carbonyl (C=O) groups excluding carboxylic acids is 1. The quantitative estimate of drug-likeness (QED) is 0.549. The van der Waals surface area contributed by atoms with Crippen LogP contribution >= 0.6 is 0 Å². The second-order valence-electron chi connectivity index (χ2n) is 4.45. The highest BCUT2D eigenvalue weighted by Gasteiger charge is 2.24. The van der Waals surface area contributed by atoms with Crippen LogP contribution in [0.2, 0.25) is 0 Å². The van der Waals surface area contributed by atoms with Crippen molar-refractivity contribution in [1.29, 1.82) is 0 Å². The summed E-state index contributed by atoms with van der Waals surface area (Å²) in [6.07, 6.45) is 0.152. The minimum atomic E-state index is -0.567. The highest BCUT2D eigenvalue weighted by Crippen LogP contribution is 2.34. The summed E-state index contributed by atoms with van der Waals surface area (Å²) in [5, 5.41) is 26.0.